The summed E-state index contributed by atoms with van der Waals surface area (Å²) >= 11 is 0. The summed E-state index contributed by atoms with van der Waals surface area (Å²) < 4.78 is 5.78. The molecule has 0 fully saturated rings. The van der Waals surface area contributed by atoms with Gasteiger partial charge in [0.2, 0.25) is 5.88 Å². The molecule has 94 valence electrons. The van der Waals surface area contributed by atoms with Gasteiger partial charge in [-0.3, -0.25) is 4.98 Å². The summed E-state index contributed by atoms with van der Waals surface area (Å²) in [5.74, 6) is 1.68. The van der Waals surface area contributed by atoms with Crippen LogP contribution >= 0.6 is 0 Å². The molecule has 2 N–H and O–H groups in total. The van der Waals surface area contributed by atoms with Gasteiger partial charge in [-0.25, -0.2) is 9.97 Å². The SMILES string of the molecule is CCCc1c(N)ncnc1Oc1cccnc1C. The van der Waals surface area contributed by atoms with Crippen molar-refractivity contribution >= 4 is 5.82 Å². The topological polar surface area (TPSA) is 73.9 Å². The fraction of sp³-hybridized carbons (Fsp3) is 0.308. The number of nitrogens with two attached hydrogens (primary N) is 1. The van der Waals surface area contributed by atoms with E-state index in [4.69, 9.17) is 10.5 Å². The van der Waals surface area contributed by atoms with Gasteiger partial charge in [0.05, 0.1) is 11.3 Å². The Labute approximate surface area is 106 Å². The number of hydrogen-bond donors (Lipinski definition) is 1. The van der Waals surface area contributed by atoms with Crippen molar-refractivity contribution in [3.05, 3.63) is 35.9 Å². The standard InChI is InChI=1S/C13H16N4O/c1-3-5-10-12(14)16-8-17-13(10)18-11-6-4-7-15-9(11)2/h4,6-8H,3,5H2,1-2H3,(H2,14,16,17). The van der Waals surface area contributed by atoms with Crippen molar-refractivity contribution in [3.8, 4) is 11.6 Å². The van der Waals surface area contributed by atoms with Crippen LogP contribution < -0.4 is 10.5 Å². The lowest BCUT2D eigenvalue weighted by molar-refractivity contribution is 0.448. The Bertz CT molecular complexity index is 542. The molecule has 18 heavy (non-hydrogen) atoms. The van der Waals surface area contributed by atoms with E-state index in [1.807, 2.05) is 19.1 Å². The van der Waals surface area contributed by atoms with E-state index in [2.05, 4.69) is 21.9 Å². The molecule has 0 spiro atoms. The van der Waals surface area contributed by atoms with Crippen LogP contribution in [0.15, 0.2) is 24.7 Å². The molecule has 0 aliphatic rings. The highest BCUT2D eigenvalue weighted by Gasteiger charge is 2.11. The average molecular weight is 244 g/mol. The molecular formula is C13H16N4O. The van der Waals surface area contributed by atoms with Crippen molar-refractivity contribution in [3.63, 3.8) is 0 Å². The molecule has 5 heteroatoms. The van der Waals surface area contributed by atoms with Gasteiger partial charge < -0.3 is 10.5 Å². The number of ether oxygens (including phenoxy) is 1. The van der Waals surface area contributed by atoms with Crippen LogP contribution in [0.4, 0.5) is 5.82 Å². The lowest BCUT2D eigenvalue weighted by Gasteiger charge is -2.11. The van der Waals surface area contributed by atoms with Gasteiger partial charge in [-0.05, 0) is 25.5 Å². The first-order valence-corrected chi connectivity index (χ1v) is 5.91. The normalized spacial score (nSPS) is 10.3. The third-order valence-electron chi connectivity index (χ3n) is 2.60. The Kier molecular flexibility index (Phi) is 3.72. The summed E-state index contributed by atoms with van der Waals surface area (Å²) in [7, 11) is 0. The van der Waals surface area contributed by atoms with Crippen molar-refractivity contribution in [2.45, 2.75) is 26.7 Å². The van der Waals surface area contributed by atoms with Gasteiger partial charge in [0.15, 0.2) is 5.75 Å². The number of pyridine rings is 1. The van der Waals surface area contributed by atoms with Crippen LogP contribution in [0.5, 0.6) is 11.6 Å². The zero-order chi connectivity index (χ0) is 13.0. The van der Waals surface area contributed by atoms with Gasteiger partial charge in [-0.2, -0.15) is 0 Å². The van der Waals surface area contributed by atoms with Crippen molar-refractivity contribution in [2.24, 2.45) is 0 Å². The van der Waals surface area contributed by atoms with Gasteiger partial charge in [-0.15, -0.1) is 0 Å². The predicted molar refractivity (Wildman–Crippen MR) is 69.5 cm³/mol. The van der Waals surface area contributed by atoms with Crippen LogP contribution in [0.25, 0.3) is 0 Å². The molecule has 2 rings (SSSR count). The number of hydrogen-bond acceptors (Lipinski definition) is 5. The number of nitrogens with zero attached hydrogens (tertiary/aromatic N) is 3. The van der Waals surface area contributed by atoms with E-state index in [1.165, 1.54) is 6.33 Å². The minimum atomic E-state index is 0.475. The molecule has 0 unspecified atom stereocenters. The Morgan fingerprint density at radius 2 is 2.11 bits per heavy atom. The third kappa shape index (κ3) is 2.56. The van der Waals surface area contributed by atoms with E-state index in [0.29, 0.717) is 17.4 Å². The second-order valence-corrected chi connectivity index (χ2v) is 3.98. The van der Waals surface area contributed by atoms with Crippen LogP contribution in [0.2, 0.25) is 0 Å². The third-order valence-corrected chi connectivity index (χ3v) is 2.60. The number of aromatic nitrogens is 3. The summed E-state index contributed by atoms with van der Waals surface area (Å²) in [6, 6.07) is 3.68. The van der Waals surface area contributed by atoms with E-state index < -0.39 is 0 Å². The molecule has 0 amide bonds. The second kappa shape index (κ2) is 5.44. The fourth-order valence-corrected chi connectivity index (χ4v) is 1.66. The van der Waals surface area contributed by atoms with Crippen molar-refractivity contribution in [2.75, 3.05) is 5.73 Å². The molecule has 0 bridgehead atoms. The smallest absolute Gasteiger partial charge is 0.227 e. The second-order valence-electron chi connectivity index (χ2n) is 3.98. The zero-order valence-corrected chi connectivity index (χ0v) is 10.6. The molecule has 0 aromatic carbocycles. The van der Waals surface area contributed by atoms with Crippen LogP contribution in [0.3, 0.4) is 0 Å². The van der Waals surface area contributed by atoms with Crippen molar-refractivity contribution in [1.82, 2.24) is 15.0 Å². The highest BCUT2D eigenvalue weighted by molar-refractivity contribution is 5.46. The molecular weight excluding hydrogens is 228 g/mol. The zero-order valence-electron chi connectivity index (χ0n) is 10.6. The van der Waals surface area contributed by atoms with Crippen molar-refractivity contribution in [1.29, 1.82) is 0 Å². The highest BCUT2D eigenvalue weighted by atomic mass is 16.5. The van der Waals surface area contributed by atoms with Crippen LogP contribution in [0.1, 0.15) is 24.6 Å². The quantitative estimate of drug-likeness (QED) is 0.894. The van der Waals surface area contributed by atoms with E-state index >= 15 is 0 Å². The summed E-state index contributed by atoms with van der Waals surface area (Å²) in [6.45, 7) is 3.96. The molecule has 2 aromatic heterocycles. The van der Waals surface area contributed by atoms with Gasteiger partial charge >= 0.3 is 0 Å². The first-order chi connectivity index (χ1) is 8.72. The van der Waals surface area contributed by atoms with Crippen LogP contribution in [-0.2, 0) is 6.42 Å². The molecule has 0 saturated carbocycles. The van der Waals surface area contributed by atoms with Gasteiger partial charge in [0, 0.05) is 6.20 Å². The number of anilines is 1. The Morgan fingerprint density at radius 3 is 2.83 bits per heavy atom. The molecule has 2 heterocycles. The minimum absolute atomic E-state index is 0.475. The highest BCUT2D eigenvalue weighted by Crippen LogP contribution is 2.27. The maximum atomic E-state index is 5.85. The van der Waals surface area contributed by atoms with Crippen LogP contribution in [0, 0.1) is 6.92 Å². The molecule has 0 aliphatic heterocycles. The van der Waals surface area contributed by atoms with E-state index in [-0.39, 0.29) is 0 Å². The van der Waals surface area contributed by atoms with E-state index in [0.717, 1.165) is 24.1 Å². The molecule has 0 aliphatic carbocycles. The lowest BCUT2D eigenvalue weighted by atomic mass is 10.2. The fourth-order valence-electron chi connectivity index (χ4n) is 1.66. The summed E-state index contributed by atoms with van der Waals surface area (Å²) in [4.78, 5) is 12.3. The van der Waals surface area contributed by atoms with Gasteiger partial charge in [-0.1, -0.05) is 13.3 Å². The Balaban J connectivity index is 2.34. The maximum absolute atomic E-state index is 5.85. The van der Waals surface area contributed by atoms with E-state index in [1.54, 1.807) is 6.20 Å². The maximum Gasteiger partial charge on any atom is 0.227 e. The monoisotopic (exact) mass is 244 g/mol. The van der Waals surface area contributed by atoms with Gasteiger partial charge in [0.25, 0.3) is 0 Å². The van der Waals surface area contributed by atoms with Gasteiger partial charge in [0.1, 0.15) is 12.1 Å². The van der Waals surface area contributed by atoms with E-state index in [9.17, 15) is 0 Å². The molecule has 0 saturated heterocycles. The number of nitrogen functional groups attached to an aromatic ring is 1. The van der Waals surface area contributed by atoms with Crippen molar-refractivity contribution < 1.29 is 4.74 Å². The minimum Gasteiger partial charge on any atom is -0.437 e. The largest absolute Gasteiger partial charge is 0.437 e. The number of aryl methyl sites for hydroxylation is 1. The molecule has 0 atom stereocenters. The Hall–Kier alpha value is -2.17. The lowest BCUT2D eigenvalue weighted by Crippen LogP contribution is -2.03. The van der Waals surface area contributed by atoms with Crippen LogP contribution in [-0.4, -0.2) is 15.0 Å². The number of rotatable bonds is 4. The first kappa shape index (κ1) is 12.3. The first-order valence-electron chi connectivity index (χ1n) is 5.91. The summed E-state index contributed by atoms with van der Waals surface area (Å²) in [5, 5.41) is 0. The summed E-state index contributed by atoms with van der Waals surface area (Å²) in [6.07, 6.45) is 4.89. The predicted octanol–water partition coefficient (Wildman–Crippen LogP) is 2.51. The average Bonchev–Trinajstić information content (AvgIpc) is 2.36. The molecule has 2 aromatic rings. The summed E-state index contributed by atoms with van der Waals surface area (Å²) in [5.41, 5.74) is 7.52. The Morgan fingerprint density at radius 1 is 1.28 bits per heavy atom. The molecule has 5 nitrogen and oxygen atoms in total. The molecule has 0 radical (unpaired) electrons.